The Morgan fingerprint density at radius 3 is 2.38 bits per heavy atom. The fraction of sp³-hybridized carbons (Fsp3) is 1.00. The molecule has 0 heterocycles. The Morgan fingerprint density at radius 1 is 1.15 bits per heavy atom. The molecule has 2 nitrogen and oxygen atoms in total. The highest BCUT2D eigenvalue weighted by Crippen LogP contribution is 2.34. The summed E-state index contributed by atoms with van der Waals surface area (Å²) in [6.45, 7) is 4.63. The second-order valence-electron chi connectivity index (χ2n) is 4.82. The fourth-order valence-electron chi connectivity index (χ4n) is 2.38. The molecule has 76 valence electrons. The highest BCUT2D eigenvalue weighted by molar-refractivity contribution is 4.87. The summed E-state index contributed by atoms with van der Waals surface area (Å²) in [5.41, 5.74) is 3.24. The molecular formula is C11H21NO. The van der Waals surface area contributed by atoms with Gasteiger partial charge >= 0.3 is 0 Å². The molecule has 0 radical (unpaired) electrons. The van der Waals surface area contributed by atoms with Gasteiger partial charge in [0.25, 0.3) is 0 Å². The minimum atomic E-state index is 0.503. The van der Waals surface area contributed by atoms with Gasteiger partial charge in [-0.2, -0.15) is 5.48 Å². The molecule has 13 heavy (non-hydrogen) atoms. The van der Waals surface area contributed by atoms with Crippen molar-refractivity contribution in [1.29, 1.82) is 0 Å². The van der Waals surface area contributed by atoms with Gasteiger partial charge < -0.3 is 0 Å². The maximum absolute atomic E-state index is 5.68. The van der Waals surface area contributed by atoms with Crippen molar-refractivity contribution in [3.8, 4) is 0 Å². The van der Waals surface area contributed by atoms with E-state index in [0.717, 1.165) is 11.8 Å². The maximum atomic E-state index is 5.68. The number of hydrogen-bond donors (Lipinski definition) is 1. The monoisotopic (exact) mass is 183 g/mol. The van der Waals surface area contributed by atoms with E-state index in [1.165, 1.54) is 32.1 Å². The van der Waals surface area contributed by atoms with Crippen molar-refractivity contribution in [2.75, 3.05) is 0 Å². The average Bonchev–Trinajstić information content (AvgIpc) is 2.64. The van der Waals surface area contributed by atoms with Crippen LogP contribution in [0.15, 0.2) is 0 Å². The van der Waals surface area contributed by atoms with Crippen LogP contribution >= 0.6 is 0 Å². The summed E-state index contributed by atoms with van der Waals surface area (Å²) in [5.74, 6) is 1.67. The predicted molar refractivity (Wildman–Crippen MR) is 53.2 cm³/mol. The molecule has 3 atom stereocenters. The van der Waals surface area contributed by atoms with Crippen LogP contribution in [0.1, 0.15) is 46.0 Å². The van der Waals surface area contributed by atoms with Crippen molar-refractivity contribution in [2.45, 2.75) is 58.1 Å². The van der Waals surface area contributed by atoms with Gasteiger partial charge in [-0.25, -0.2) is 0 Å². The Kier molecular flexibility index (Phi) is 2.89. The Morgan fingerprint density at radius 2 is 1.85 bits per heavy atom. The van der Waals surface area contributed by atoms with Crippen molar-refractivity contribution in [3.63, 3.8) is 0 Å². The molecule has 3 unspecified atom stereocenters. The standard InChI is InChI=1S/C11H21NO/c1-8-7-11(9(8)2)12-13-10-5-3-4-6-10/h8-12H,3-7H2,1-2H3. The zero-order valence-electron chi connectivity index (χ0n) is 8.75. The number of rotatable bonds is 3. The molecule has 2 fully saturated rings. The quantitative estimate of drug-likeness (QED) is 0.679. The van der Waals surface area contributed by atoms with E-state index in [2.05, 4.69) is 19.3 Å². The molecule has 2 aliphatic carbocycles. The van der Waals surface area contributed by atoms with Crippen LogP contribution in [-0.2, 0) is 4.84 Å². The van der Waals surface area contributed by atoms with Gasteiger partial charge in [-0.15, -0.1) is 0 Å². The fourth-order valence-corrected chi connectivity index (χ4v) is 2.38. The molecule has 0 bridgehead atoms. The van der Waals surface area contributed by atoms with Gasteiger partial charge in [0.1, 0.15) is 0 Å². The summed E-state index contributed by atoms with van der Waals surface area (Å²) >= 11 is 0. The van der Waals surface area contributed by atoms with Crippen LogP contribution in [0.4, 0.5) is 0 Å². The highest BCUT2D eigenvalue weighted by Gasteiger charge is 2.34. The van der Waals surface area contributed by atoms with Gasteiger partial charge in [-0.1, -0.05) is 26.7 Å². The van der Waals surface area contributed by atoms with E-state index < -0.39 is 0 Å². The first-order valence-corrected chi connectivity index (χ1v) is 5.68. The van der Waals surface area contributed by atoms with E-state index in [0.29, 0.717) is 12.1 Å². The van der Waals surface area contributed by atoms with Crippen molar-refractivity contribution in [2.24, 2.45) is 11.8 Å². The van der Waals surface area contributed by atoms with Crippen LogP contribution in [0.3, 0.4) is 0 Å². The second kappa shape index (κ2) is 3.97. The van der Waals surface area contributed by atoms with Crippen LogP contribution in [0.2, 0.25) is 0 Å². The molecule has 2 aliphatic rings. The number of nitrogens with one attached hydrogen (secondary N) is 1. The third-order valence-electron chi connectivity index (χ3n) is 3.85. The van der Waals surface area contributed by atoms with Crippen molar-refractivity contribution in [3.05, 3.63) is 0 Å². The van der Waals surface area contributed by atoms with Gasteiger partial charge in [-0.05, 0) is 31.1 Å². The number of hydroxylamine groups is 1. The minimum absolute atomic E-state index is 0.503. The summed E-state index contributed by atoms with van der Waals surface area (Å²) < 4.78 is 0. The Hall–Kier alpha value is -0.0800. The van der Waals surface area contributed by atoms with E-state index in [-0.39, 0.29) is 0 Å². The summed E-state index contributed by atoms with van der Waals surface area (Å²) in [6.07, 6.45) is 7.00. The number of hydrogen-bond acceptors (Lipinski definition) is 2. The third-order valence-corrected chi connectivity index (χ3v) is 3.85. The Bertz CT molecular complexity index is 165. The highest BCUT2D eigenvalue weighted by atomic mass is 16.7. The molecule has 0 spiro atoms. The molecular weight excluding hydrogens is 162 g/mol. The van der Waals surface area contributed by atoms with E-state index in [4.69, 9.17) is 4.84 Å². The molecule has 1 N–H and O–H groups in total. The molecule has 0 aliphatic heterocycles. The summed E-state index contributed by atoms with van der Waals surface area (Å²) in [7, 11) is 0. The second-order valence-corrected chi connectivity index (χ2v) is 4.82. The Balaban J connectivity index is 1.63. The van der Waals surface area contributed by atoms with E-state index in [1.54, 1.807) is 0 Å². The van der Waals surface area contributed by atoms with Crippen LogP contribution in [0, 0.1) is 11.8 Å². The SMILES string of the molecule is CC1CC(NOC2CCCC2)C1C. The smallest absolute Gasteiger partial charge is 0.0790 e. The largest absolute Gasteiger partial charge is 0.298 e. The van der Waals surface area contributed by atoms with Gasteiger partial charge in [0.2, 0.25) is 0 Å². The lowest BCUT2D eigenvalue weighted by atomic mass is 9.72. The molecule has 2 saturated carbocycles. The van der Waals surface area contributed by atoms with Crippen molar-refractivity contribution >= 4 is 0 Å². The van der Waals surface area contributed by atoms with E-state index >= 15 is 0 Å². The minimum Gasteiger partial charge on any atom is -0.298 e. The third kappa shape index (κ3) is 2.05. The molecule has 2 rings (SSSR count). The zero-order valence-corrected chi connectivity index (χ0v) is 8.75. The molecule has 0 aromatic heterocycles. The van der Waals surface area contributed by atoms with Crippen molar-refractivity contribution < 1.29 is 4.84 Å². The average molecular weight is 183 g/mol. The van der Waals surface area contributed by atoms with Crippen LogP contribution in [-0.4, -0.2) is 12.1 Å². The predicted octanol–water partition coefficient (Wildman–Crippen LogP) is 2.49. The van der Waals surface area contributed by atoms with Crippen molar-refractivity contribution in [1.82, 2.24) is 5.48 Å². The van der Waals surface area contributed by atoms with Gasteiger partial charge in [0, 0.05) is 6.04 Å². The topological polar surface area (TPSA) is 21.3 Å². The maximum Gasteiger partial charge on any atom is 0.0790 e. The van der Waals surface area contributed by atoms with Gasteiger partial charge in [0.05, 0.1) is 6.10 Å². The first-order chi connectivity index (χ1) is 6.27. The first kappa shape index (κ1) is 9.47. The summed E-state index contributed by atoms with van der Waals surface area (Å²) in [5, 5.41) is 0. The van der Waals surface area contributed by atoms with Gasteiger partial charge in [0.15, 0.2) is 0 Å². The van der Waals surface area contributed by atoms with Crippen LogP contribution < -0.4 is 5.48 Å². The molecule has 0 aromatic rings. The molecule has 0 saturated heterocycles. The Labute approximate surface area is 81.0 Å². The molecule has 0 amide bonds. The first-order valence-electron chi connectivity index (χ1n) is 5.68. The van der Waals surface area contributed by atoms with Gasteiger partial charge in [-0.3, -0.25) is 4.84 Å². The summed E-state index contributed by atoms with van der Waals surface area (Å²) in [4.78, 5) is 5.68. The normalized spacial score (nSPS) is 40.6. The lowest BCUT2D eigenvalue weighted by Crippen LogP contribution is -2.48. The summed E-state index contributed by atoms with van der Waals surface area (Å²) in [6, 6.07) is 0.621. The van der Waals surface area contributed by atoms with E-state index in [9.17, 15) is 0 Å². The zero-order chi connectivity index (χ0) is 9.26. The lowest BCUT2D eigenvalue weighted by molar-refractivity contribution is -0.0813. The molecule has 0 aromatic carbocycles. The van der Waals surface area contributed by atoms with E-state index in [1.807, 2.05) is 0 Å². The lowest BCUT2D eigenvalue weighted by Gasteiger charge is -2.41. The van der Waals surface area contributed by atoms with Crippen LogP contribution in [0.5, 0.6) is 0 Å². The van der Waals surface area contributed by atoms with Crippen LogP contribution in [0.25, 0.3) is 0 Å². The molecule has 2 heteroatoms.